The van der Waals surface area contributed by atoms with E-state index in [1.165, 1.54) is 0 Å². The van der Waals surface area contributed by atoms with Crippen molar-refractivity contribution in [3.05, 3.63) is 36.1 Å². The summed E-state index contributed by atoms with van der Waals surface area (Å²) in [6, 6.07) is 7.12. The van der Waals surface area contributed by atoms with Crippen LogP contribution in [0.4, 0.5) is 0 Å². The van der Waals surface area contributed by atoms with Gasteiger partial charge in [-0.15, -0.1) is 0 Å². The number of nitrogens with one attached hydrogen (secondary N) is 1. The minimum absolute atomic E-state index is 0.137. The molecule has 2 atom stereocenters. The predicted octanol–water partition coefficient (Wildman–Crippen LogP) is 4.03. The van der Waals surface area contributed by atoms with Gasteiger partial charge in [0.05, 0.1) is 18.3 Å². The van der Waals surface area contributed by atoms with Gasteiger partial charge in [-0.3, -0.25) is 0 Å². The van der Waals surface area contributed by atoms with Crippen LogP contribution in [-0.4, -0.2) is 28.1 Å². The Balaban J connectivity index is 2.57. The van der Waals surface area contributed by atoms with Crippen molar-refractivity contribution in [3.8, 4) is 0 Å². The summed E-state index contributed by atoms with van der Waals surface area (Å²) in [4.78, 5) is 0. The number of fused-ring (bicyclic) bond motifs is 1. The number of alkyl halides is 3. The van der Waals surface area contributed by atoms with E-state index in [0.29, 0.717) is 6.54 Å². The quantitative estimate of drug-likeness (QED) is 0.800. The summed E-state index contributed by atoms with van der Waals surface area (Å²) in [6.07, 6.45) is 1.62. The molecule has 0 aliphatic heterocycles. The topological polar surface area (TPSA) is 45.4 Å². The Hall–Kier alpha value is -0.450. The zero-order valence-corrected chi connectivity index (χ0v) is 14.1. The number of benzene rings is 1. The van der Waals surface area contributed by atoms with Gasteiger partial charge in [0.2, 0.25) is 3.79 Å². The second-order valence-corrected chi connectivity index (χ2v) is 7.45. The molecular formula is C15H18Cl3NO2. The number of halogens is 3. The van der Waals surface area contributed by atoms with Crippen LogP contribution in [0.25, 0.3) is 11.0 Å². The Morgan fingerprint density at radius 2 is 2.00 bits per heavy atom. The van der Waals surface area contributed by atoms with E-state index >= 15 is 0 Å². The predicted molar refractivity (Wildman–Crippen MR) is 88.4 cm³/mol. The van der Waals surface area contributed by atoms with Gasteiger partial charge in [0.15, 0.2) is 0 Å². The Morgan fingerprint density at radius 3 is 2.57 bits per heavy atom. The van der Waals surface area contributed by atoms with Crippen molar-refractivity contribution in [1.29, 1.82) is 0 Å². The molecule has 116 valence electrons. The van der Waals surface area contributed by atoms with Crippen LogP contribution < -0.4 is 5.32 Å². The molecule has 1 heterocycles. The minimum atomic E-state index is -1.58. The van der Waals surface area contributed by atoms with Gasteiger partial charge in [-0.1, -0.05) is 47.8 Å². The first kappa shape index (κ1) is 16.9. The van der Waals surface area contributed by atoms with Gasteiger partial charge in [0.25, 0.3) is 0 Å². The molecule has 2 N–H and O–H groups in total. The van der Waals surface area contributed by atoms with Gasteiger partial charge >= 0.3 is 0 Å². The lowest BCUT2D eigenvalue weighted by molar-refractivity contribution is 0.185. The monoisotopic (exact) mass is 349 g/mol. The van der Waals surface area contributed by atoms with E-state index in [0.717, 1.165) is 16.5 Å². The third kappa shape index (κ3) is 3.03. The van der Waals surface area contributed by atoms with Crippen molar-refractivity contribution < 1.29 is 9.52 Å². The maximum absolute atomic E-state index is 9.73. The van der Waals surface area contributed by atoms with Crippen LogP contribution in [0.5, 0.6) is 0 Å². The van der Waals surface area contributed by atoms with Crippen LogP contribution in [0.1, 0.15) is 19.4 Å². The molecule has 1 aromatic heterocycles. The summed E-state index contributed by atoms with van der Waals surface area (Å²) >= 11 is 18.8. The van der Waals surface area contributed by atoms with E-state index in [9.17, 15) is 5.11 Å². The second-order valence-electron chi connectivity index (χ2n) is 5.17. The highest BCUT2D eigenvalue weighted by atomic mass is 35.6. The Labute approximate surface area is 139 Å². The largest absolute Gasteiger partial charge is 0.464 e. The molecule has 0 saturated carbocycles. The molecule has 21 heavy (non-hydrogen) atoms. The van der Waals surface area contributed by atoms with E-state index in [-0.39, 0.29) is 12.6 Å². The van der Waals surface area contributed by atoms with Crippen LogP contribution in [0.2, 0.25) is 0 Å². The van der Waals surface area contributed by atoms with Crippen molar-refractivity contribution in [2.75, 3.05) is 13.2 Å². The molecule has 0 fully saturated rings. The number of hydrogen-bond acceptors (Lipinski definition) is 3. The first-order chi connectivity index (χ1) is 9.84. The van der Waals surface area contributed by atoms with Gasteiger partial charge in [-0.05, 0) is 37.2 Å². The van der Waals surface area contributed by atoms with Gasteiger partial charge in [-0.25, -0.2) is 0 Å². The summed E-state index contributed by atoms with van der Waals surface area (Å²) in [5.74, 6) is 0. The molecule has 0 amide bonds. The molecule has 1 aromatic carbocycles. The van der Waals surface area contributed by atoms with Crippen molar-refractivity contribution in [1.82, 2.24) is 5.32 Å². The van der Waals surface area contributed by atoms with Gasteiger partial charge in [-0.2, -0.15) is 0 Å². The highest BCUT2D eigenvalue weighted by molar-refractivity contribution is 6.68. The lowest BCUT2D eigenvalue weighted by Gasteiger charge is -2.43. The number of rotatable bonds is 5. The smallest absolute Gasteiger partial charge is 0.201 e. The van der Waals surface area contributed by atoms with Gasteiger partial charge in [0, 0.05) is 11.4 Å². The van der Waals surface area contributed by atoms with Crippen LogP contribution in [-0.2, 0) is 5.41 Å². The third-order valence-electron chi connectivity index (χ3n) is 3.97. The molecular weight excluding hydrogens is 333 g/mol. The Kier molecular flexibility index (Phi) is 5.11. The fourth-order valence-electron chi connectivity index (χ4n) is 2.55. The normalized spacial score (nSPS) is 16.9. The number of likely N-dealkylation sites (N-methyl/N-ethyl adjacent to an activating group) is 1. The van der Waals surface area contributed by atoms with E-state index in [1.54, 1.807) is 6.26 Å². The maximum Gasteiger partial charge on any atom is 0.201 e. The SMILES string of the molecule is CCNC(CO)C(C)(c1ccc2occc2c1)C(Cl)(Cl)Cl. The summed E-state index contributed by atoms with van der Waals surface area (Å²) in [5, 5.41) is 13.9. The molecule has 0 saturated heterocycles. The molecule has 3 nitrogen and oxygen atoms in total. The first-order valence-corrected chi connectivity index (χ1v) is 7.86. The van der Waals surface area contributed by atoms with Crippen LogP contribution >= 0.6 is 34.8 Å². The van der Waals surface area contributed by atoms with Gasteiger partial charge < -0.3 is 14.8 Å². The number of aliphatic hydroxyl groups is 1. The number of hydrogen-bond donors (Lipinski definition) is 2. The molecule has 0 aliphatic carbocycles. The second kappa shape index (κ2) is 6.35. The number of furan rings is 1. The Morgan fingerprint density at radius 1 is 1.29 bits per heavy atom. The maximum atomic E-state index is 9.73. The van der Waals surface area contributed by atoms with Crippen molar-refractivity contribution in [2.45, 2.75) is 29.1 Å². The lowest BCUT2D eigenvalue weighted by Crippen LogP contribution is -2.56. The fraction of sp³-hybridized carbons (Fsp3) is 0.467. The average molecular weight is 351 g/mol. The van der Waals surface area contributed by atoms with Crippen molar-refractivity contribution in [3.63, 3.8) is 0 Å². The molecule has 0 radical (unpaired) electrons. The lowest BCUT2D eigenvalue weighted by atomic mass is 9.76. The van der Waals surface area contributed by atoms with Crippen LogP contribution in [0, 0.1) is 0 Å². The Bertz CT molecular complexity index is 608. The van der Waals surface area contributed by atoms with E-state index < -0.39 is 9.21 Å². The molecule has 2 rings (SSSR count). The summed E-state index contributed by atoms with van der Waals surface area (Å²) < 4.78 is 3.76. The van der Waals surface area contributed by atoms with Crippen molar-refractivity contribution >= 4 is 45.8 Å². The third-order valence-corrected chi connectivity index (χ3v) is 5.15. The zero-order valence-electron chi connectivity index (χ0n) is 11.9. The van der Waals surface area contributed by atoms with Crippen molar-refractivity contribution in [2.24, 2.45) is 0 Å². The van der Waals surface area contributed by atoms with E-state index in [2.05, 4.69) is 5.32 Å². The van der Waals surface area contributed by atoms with Gasteiger partial charge in [0.1, 0.15) is 5.58 Å². The summed E-state index contributed by atoms with van der Waals surface area (Å²) in [7, 11) is 0. The molecule has 6 heteroatoms. The molecule has 0 bridgehead atoms. The average Bonchev–Trinajstić information content (AvgIpc) is 2.89. The fourth-order valence-corrected chi connectivity index (χ4v) is 3.27. The molecule has 0 spiro atoms. The van der Waals surface area contributed by atoms with Crippen LogP contribution in [0.3, 0.4) is 0 Å². The minimum Gasteiger partial charge on any atom is -0.464 e. The standard InChI is InChI=1S/C15H18Cl3NO2/c1-3-19-13(9-20)14(2,15(16,17)18)11-4-5-12-10(8-11)6-7-21-12/h4-8,13,19-20H,3,9H2,1-2H3. The van der Waals surface area contributed by atoms with Crippen LogP contribution in [0.15, 0.2) is 34.9 Å². The van der Waals surface area contributed by atoms with E-state index in [1.807, 2.05) is 38.1 Å². The highest BCUT2D eigenvalue weighted by Gasteiger charge is 2.51. The molecule has 2 aromatic rings. The first-order valence-electron chi connectivity index (χ1n) is 6.73. The molecule has 2 unspecified atom stereocenters. The number of aliphatic hydroxyl groups excluding tert-OH is 1. The highest BCUT2D eigenvalue weighted by Crippen LogP contribution is 2.49. The summed E-state index contributed by atoms with van der Waals surface area (Å²) in [6.45, 7) is 4.31. The molecule has 0 aliphatic rings. The zero-order chi connectivity index (χ0) is 15.7. The van der Waals surface area contributed by atoms with E-state index in [4.69, 9.17) is 39.2 Å². The summed E-state index contributed by atoms with van der Waals surface area (Å²) in [5.41, 5.74) is 0.708.